The van der Waals surface area contributed by atoms with E-state index in [9.17, 15) is 0 Å². The minimum atomic E-state index is 0.137. The molecule has 0 radical (unpaired) electrons. The molecule has 0 amide bonds. The molecule has 0 aliphatic carbocycles. The molecule has 4 nitrogen and oxygen atoms in total. The highest BCUT2D eigenvalue weighted by molar-refractivity contribution is 9.10. The SMILES string of the molecule is CC(Nc1ncnc2cc(N)ccc12)c1cccc(Br)c1. The van der Waals surface area contributed by atoms with Gasteiger partial charge in [0.05, 0.1) is 11.6 Å². The first-order valence-corrected chi connectivity index (χ1v) is 7.45. The molecule has 21 heavy (non-hydrogen) atoms. The van der Waals surface area contributed by atoms with E-state index in [-0.39, 0.29) is 6.04 Å². The number of hydrogen-bond donors (Lipinski definition) is 2. The Morgan fingerprint density at radius 3 is 2.81 bits per heavy atom. The van der Waals surface area contributed by atoms with Gasteiger partial charge in [-0.05, 0) is 42.8 Å². The van der Waals surface area contributed by atoms with Gasteiger partial charge in [-0.15, -0.1) is 0 Å². The lowest BCUT2D eigenvalue weighted by Crippen LogP contribution is -2.08. The second-order valence-corrected chi connectivity index (χ2v) is 5.84. The largest absolute Gasteiger partial charge is 0.399 e. The average molecular weight is 343 g/mol. The van der Waals surface area contributed by atoms with Crippen LogP contribution in [-0.2, 0) is 0 Å². The topological polar surface area (TPSA) is 63.8 Å². The molecule has 1 atom stereocenters. The van der Waals surface area contributed by atoms with Crippen LogP contribution in [0.25, 0.3) is 10.9 Å². The number of nitrogens with zero attached hydrogens (tertiary/aromatic N) is 2. The van der Waals surface area contributed by atoms with Gasteiger partial charge in [0.15, 0.2) is 0 Å². The van der Waals surface area contributed by atoms with Crippen LogP contribution in [0.4, 0.5) is 11.5 Å². The van der Waals surface area contributed by atoms with Gasteiger partial charge in [-0.3, -0.25) is 0 Å². The van der Waals surface area contributed by atoms with Gasteiger partial charge in [-0.25, -0.2) is 9.97 Å². The van der Waals surface area contributed by atoms with Crippen LogP contribution < -0.4 is 11.1 Å². The first-order valence-electron chi connectivity index (χ1n) is 6.66. The van der Waals surface area contributed by atoms with Crippen molar-refractivity contribution in [2.24, 2.45) is 0 Å². The lowest BCUT2D eigenvalue weighted by atomic mass is 10.1. The Labute approximate surface area is 131 Å². The zero-order chi connectivity index (χ0) is 14.8. The van der Waals surface area contributed by atoms with Crippen molar-refractivity contribution in [1.29, 1.82) is 0 Å². The molecule has 0 aliphatic rings. The van der Waals surface area contributed by atoms with Crippen molar-refractivity contribution in [3.05, 3.63) is 58.8 Å². The fourth-order valence-corrected chi connectivity index (χ4v) is 2.67. The quantitative estimate of drug-likeness (QED) is 0.702. The number of aromatic nitrogens is 2. The predicted molar refractivity (Wildman–Crippen MR) is 90.1 cm³/mol. The molecule has 0 spiro atoms. The molecule has 3 N–H and O–H groups in total. The van der Waals surface area contributed by atoms with Crippen LogP contribution in [0.1, 0.15) is 18.5 Å². The maximum absolute atomic E-state index is 5.80. The van der Waals surface area contributed by atoms with Crippen molar-refractivity contribution in [1.82, 2.24) is 9.97 Å². The summed E-state index contributed by atoms with van der Waals surface area (Å²) < 4.78 is 1.06. The Kier molecular flexibility index (Phi) is 3.75. The van der Waals surface area contributed by atoms with E-state index in [1.165, 1.54) is 5.56 Å². The second-order valence-electron chi connectivity index (χ2n) is 4.92. The molecule has 1 aromatic heterocycles. The molecule has 0 fully saturated rings. The van der Waals surface area contributed by atoms with Crippen LogP contribution >= 0.6 is 15.9 Å². The van der Waals surface area contributed by atoms with Crippen LogP contribution in [-0.4, -0.2) is 9.97 Å². The second kappa shape index (κ2) is 5.69. The molecular formula is C16H15BrN4. The number of rotatable bonds is 3. The van der Waals surface area contributed by atoms with Crippen molar-refractivity contribution in [3.63, 3.8) is 0 Å². The third-order valence-electron chi connectivity index (χ3n) is 3.36. The number of benzene rings is 2. The van der Waals surface area contributed by atoms with Crippen LogP contribution in [0, 0.1) is 0 Å². The van der Waals surface area contributed by atoms with Crippen molar-refractivity contribution in [2.75, 3.05) is 11.1 Å². The molecule has 0 saturated carbocycles. The van der Waals surface area contributed by atoms with Gasteiger partial charge in [0.2, 0.25) is 0 Å². The fourth-order valence-electron chi connectivity index (χ4n) is 2.25. The number of anilines is 2. The third kappa shape index (κ3) is 2.97. The normalized spacial score (nSPS) is 12.3. The van der Waals surface area contributed by atoms with Crippen molar-refractivity contribution >= 4 is 38.3 Å². The van der Waals surface area contributed by atoms with Crippen molar-refractivity contribution < 1.29 is 0 Å². The van der Waals surface area contributed by atoms with E-state index in [1.807, 2.05) is 30.3 Å². The van der Waals surface area contributed by atoms with E-state index in [1.54, 1.807) is 6.33 Å². The van der Waals surface area contributed by atoms with Crippen LogP contribution in [0.3, 0.4) is 0 Å². The summed E-state index contributed by atoms with van der Waals surface area (Å²) in [5.41, 5.74) is 8.53. The van der Waals surface area contributed by atoms with Gasteiger partial charge < -0.3 is 11.1 Å². The summed E-state index contributed by atoms with van der Waals surface area (Å²) >= 11 is 3.50. The molecule has 2 aromatic carbocycles. The van der Waals surface area contributed by atoms with Gasteiger partial charge in [0.1, 0.15) is 12.1 Å². The Morgan fingerprint density at radius 2 is 2.00 bits per heavy atom. The molecule has 106 valence electrons. The number of halogens is 1. The highest BCUT2D eigenvalue weighted by atomic mass is 79.9. The summed E-state index contributed by atoms with van der Waals surface area (Å²) in [6, 6.07) is 14.0. The summed E-state index contributed by atoms with van der Waals surface area (Å²) in [7, 11) is 0. The van der Waals surface area contributed by atoms with Gasteiger partial charge in [-0.1, -0.05) is 28.1 Å². The minimum absolute atomic E-state index is 0.137. The van der Waals surface area contributed by atoms with Gasteiger partial charge in [0.25, 0.3) is 0 Å². The Morgan fingerprint density at radius 1 is 1.14 bits per heavy atom. The van der Waals surface area contributed by atoms with E-state index in [0.717, 1.165) is 21.2 Å². The zero-order valence-electron chi connectivity index (χ0n) is 11.5. The fraction of sp³-hybridized carbons (Fsp3) is 0.125. The molecule has 3 aromatic rings. The molecule has 1 unspecified atom stereocenters. The summed E-state index contributed by atoms with van der Waals surface area (Å²) in [5.74, 6) is 0.812. The van der Waals surface area contributed by atoms with Crippen LogP contribution in [0.15, 0.2) is 53.3 Å². The van der Waals surface area contributed by atoms with Gasteiger partial charge >= 0.3 is 0 Å². The molecule has 5 heteroatoms. The maximum atomic E-state index is 5.80. The molecule has 0 aliphatic heterocycles. The molecular weight excluding hydrogens is 328 g/mol. The van der Waals surface area contributed by atoms with E-state index in [0.29, 0.717) is 5.69 Å². The highest BCUT2D eigenvalue weighted by Gasteiger charge is 2.09. The predicted octanol–water partition coefficient (Wildman–Crippen LogP) is 4.15. The summed E-state index contributed by atoms with van der Waals surface area (Å²) in [6.07, 6.45) is 1.55. The van der Waals surface area contributed by atoms with Gasteiger partial charge in [-0.2, -0.15) is 0 Å². The Balaban J connectivity index is 1.94. The average Bonchev–Trinajstić information content (AvgIpc) is 2.47. The highest BCUT2D eigenvalue weighted by Crippen LogP contribution is 2.26. The van der Waals surface area contributed by atoms with E-state index in [2.05, 4.69) is 50.3 Å². The molecule has 0 saturated heterocycles. The number of nitrogen functional groups attached to an aromatic ring is 1. The summed E-state index contributed by atoms with van der Waals surface area (Å²) in [4.78, 5) is 8.61. The lowest BCUT2D eigenvalue weighted by molar-refractivity contribution is 0.875. The summed E-state index contributed by atoms with van der Waals surface area (Å²) in [6.45, 7) is 2.10. The monoisotopic (exact) mass is 342 g/mol. The van der Waals surface area contributed by atoms with Crippen LogP contribution in [0.5, 0.6) is 0 Å². The first-order chi connectivity index (χ1) is 10.1. The van der Waals surface area contributed by atoms with Crippen molar-refractivity contribution in [2.45, 2.75) is 13.0 Å². The van der Waals surface area contributed by atoms with E-state index < -0.39 is 0 Å². The number of nitrogens with two attached hydrogens (primary N) is 1. The zero-order valence-corrected chi connectivity index (χ0v) is 13.1. The maximum Gasteiger partial charge on any atom is 0.137 e. The molecule has 3 rings (SSSR count). The minimum Gasteiger partial charge on any atom is -0.399 e. The van der Waals surface area contributed by atoms with E-state index in [4.69, 9.17) is 5.73 Å². The number of hydrogen-bond acceptors (Lipinski definition) is 4. The first kappa shape index (κ1) is 13.8. The Bertz CT molecular complexity index is 788. The van der Waals surface area contributed by atoms with Gasteiger partial charge in [0, 0.05) is 15.5 Å². The molecule has 0 bridgehead atoms. The number of nitrogens with one attached hydrogen (secondary N) is 1. The molecule has 1 heterocycles. The third-order valence-corrected chi connectivity index (χ3v) is 3.86. The Hall–Kier alpha value is -2.14. The standard InChI is InChI=1S/C16H15BrN4/c1-10(11-3-2-4-12(17)7-11)21-16-14-6-5-13(18)8-15(14)19-9-20-16/h2-10H,18H2,1H3,(H,19,20,21). The van der Waals surface area contributed by atoms with Crippen molar-refractivity contribution in [3.8, 4) is 0 Å². The smallest absolute Gasteiger partial charge is 0.137 e. The van der Waals surface area contributed by atoms with E-state index >= 15 is 0 Å². The number of fused-ring (bicyclic) bond motifs is 1. The summed E-state index contributed by atoms with van der Waals surface area (Å²) in [5, 5.41) is 4.40. The van der Waals surface area contributed by atoms with Crippen LogP contribution in [0.2, 0.25) is 0 Å². The lowest BCUT2D eigenvalue weighted by Gasteiger charge is -2.16.